The third-order valence-corrected chi connectivity index (χ3v) is 4.23. The second-order valence-corrected chi connectivity index (χ2v) is 6.18. The van der Waals surface area contributed by atoms with Gasteiger partial charge in [-0.2, -0.15) is 5.21 Å². The summed E-state index contributed by atoms with van der Waals surface area (Å²) in [4.78, 5) is 45.2. The number of oxime groups is 1. The summed E-state index contributed by atoms with van der Waals surface area (Å²) in [7, 11) is 0. The second kappa shape index (κ2) is 7.32. The Morgan fingerprint density at radius 3 is 2.89 bits per heavy atom. The van der Waals surface area contributed by atoms with Gasteiger partial charge in [0.05, 0.1) is 6.04 Å². The Labute approximate surface area is 154 Å². The molecule has 3 rings (SSSR count). The number of nitrogens with zero attached hydrogens (tertiary/aromatic N) is 6. The molecule has 1 saturated heterocycles. The highest BCUT2D eigenvalue weighted by atomic mass is 32.1. The first-order valence-electron chi connectivity index (χ1n) is 7.39. The lowest BCUT2D eigenvalue weighted by Gasteiger charge is -2.42. The molecule has 0 spiro atoms. The molecule has 2 atom stereocenters. The number of aliphatic carboxylic acids is 1. The van der Waals surface area contributed by atoms with E-state index in [1.165, 1.54) is 10.3 Å². The number of tetrazole rings is 1. The Morgan fingerprint density at radius 2 is 2.33 bits per heavy atom. The molecule has 14 nitrogen and oxygen atoms in total. The van der Waals surface area contributed by atoms with Crippen molar-refractivity contribution in [1.82, 2.24) is 30.9 Å². The fourth-order valence-electron chi connectivity index (χ4n) is 2.31. The van der Waals surface area contributed by atoms with Crippen LogP contribution in [0.15, 0.2) is 10.5 Å². The number of β-lactam (4-membered cyclic amide) rings is 1. The van der Waals surface area contributed by atoms with Gasteiger partial charge in [-0.25, -0.2) is 9.78 Å². The van der Waals surface area contributed by atoms with E-state index in [1.807, 2.05) is 0 Å². The van der Waals surface area contributed by atoms with E-state index < -0.39 is 36.5 Å². The average molecular weight is 395 g/mol. The second-order valence-electron chi connectivity index (χ2n) is 5.29. The van der Waals surface area contributed by atoms with Crippen molar-refractivity contribution in [2.75, 3.05) is 17.2 Å². The lowest BCUT2D eigenvalue weighted by atomic mass is 9.97. The summed E-state index contributed by atoms with van der Waals surface area (Å²) in [5.41, 5.74) is 5.34. The largest absolute Gasteiger partial charge is 0.479 e. The fourth-order valence-corrected chi connectivity index (χ4v) is 2.86. The zero-order valence-corrected chi connectivity index (χ0v) is 14.5. The molecule has 1 aliphatic rings. The van der Waals surface area contributed by atoms with E-state index >= 15 is 0 Å². The van der Waals surface area contributed by atoms with Crippen LogP contribution in [0.1, 0.15) is 12.6 Å². The summed E-state index contributed by atoms with van der Waals surface area (Å²) in [6, 6.07) is -1.31. The maximum Gasteiger partial charge on any atom is 0.344 e. The van der Waals surface area contributed by atoms with E-state index in [9.17, 15) is 14.4 Å². The number of carboxylic acids is 1. The van der Waals surface area contributed by atoms with Crippen molar-refractivity contribution in [2.45, 2.75) is 19.0 Å². The van der Waals surface area contributed by atoms with Crippen LogP contribution >= 0.6 is 11.3 Å². The summed E-state index contributed by atoms with van der Waals surface area (Å²) < 4.78 is 0. The van der Waals surface area contributed by atoms with Crippen LogP contribution in [0, 0.1) is 0 Å². The number of nitrogen functional groups attached to an aromatic ring is 1. The van der Waals surface area contributed by atoms with Crippen molar-refractivity contribution in [3.63, 3.8) is 0 Å². The number of carbonyl (C=O) groups is 3. The minimum atomic E-state index is -1.27. The van der Waals surface area contributed by atoms with Gasteiger partial charge in [0.25, 0.3) is 17.8 Å². The van der Waals surface area contributed by atoms with E-state index in [0.29, 0.717) is 0 Å². The van der Waals surface area contributed by atoms with Crippen LogP contribution in [0.25, 0.3) is 0 Å². The van der Waals surface area contributed by atoms with Crippen LogP contribution in [-0.4, -0.2) is 72.9 Å². The standard InChI is InChI=1S/C12H13N9O5S/c1-4-7(10(25)21(4)12-16-19-20-17-12)15-9(24)8(18-26-2-6(22)23)5-3-27-11(13)14-5/h3-4,7H,2H2,1H3,(H2,13,14)(H,15,24)(H,22,23)(H,16,17,19,20)/b18-8-/t4-,7-/m0/s1. The summed E-state index contributed by atoms with van der Waals surface area (Å²) in [6.45, 7) is 0.933. The van der Waals surface area contributed by atoms with Gasteiger partial charge in [0.2, 0.25) is 6.61 Å². The molecule has 0 unspecified atom stereocenters. The SMILES string of the molecule is C[C@H]1[C@H](NC(=O)/C(=N\OCC(=O)O)c2csc(N)n2)C(=O)N1c1nn[nH]n1. The van der Waals surface area contributed by atoms with E-state index in [2.05, 4.69) is 40.9 Å². The van der Waals surface area contributed by atoms with Crippen LogP contribution in [0.5, 0.6) is 0 Å². The highest BCUT2D eigenvalue weighted by Gasteiger charge is 2.48. The Hall–Kier alpha value is -3.62. The van der Waals surface area contributed by atoms with Gasteiger partial charge in [-0.05, 0) is 12.1 Å². The average Bonchev–Trinajstić information content (AvgIpc) is 3.28. The van der Waals surface area contributed by atoms with Gasteiger partial charge in [-0.15, -0.1) is 16.4 Å². The maximum absolute atomic E-state index is 12.6. The van der Waals surface area contributed by atoms with Crippen molar-refractivity contribution in [3.8, 4) is 0 Å². The van der Waals surface area contributed by atoms with Crippen molar-refractivity contribution >= 4 is 45.9 Å². The number of H-pyrrole nitrogens is 1. The molecular weight excluding hydrogens is 382 g/mol. The highest BCUT2D eigenvalue weighted by Crippen LogP contribution is 2.24. The molecule has 142 valence electrons. The number of anilines is 2. The Morgan fingerprint density at radius 1 is 1.56 bits per heavy atom. The molecule has 0 radical (unpaired) electrons. The number of carboxylic acid groups (broad SMARTS) is 1. The highest BCUT2D eigenvalue weighted by molar-refractivity contribution is 7.13. The van der Waals surface area contributed by atoms with Crippen LogP contribution in [-0.2, 0) is 19.2 Å². The number of rotatable bonds is 7. The summed E-state index contributed by atoms with van der Waals surface area (Å²) in [5, 5.41) is 29.3. The van der Waals surface area contributed by atoms with Crippen LogP contribution in [0.4, 0.5) is 11.1 Å². The number of carbonyl (C=O) groups excluding carboxylic acids is 2. The molecular formula is C12H13N9O5S. The first-order chi connectivity index (χ1) is 12.9. The molecule has 2 aromatic rings. The molecule has 3 heterocycles. The van der Waals surface area contributed by atoms with Crippen molar-refractivity contribution in [3.05, 3.63) is 11.1 Å². The molecule has 27 heavy (non-hydrogen) atoms. The number of aromatic nitrogens is 5. The predicted octanol–water partition coefficient (Wildman–Crippen LogP) is -2.04. The van der Waals surface area contributed by atoms with Crippen molar-refractivity contribution < 1.29 is 24.3 Å². The monoisotopic (exact) mass is 395 g/mol. The number of thiazole rings is 1. The first kappa shape index (κ1) is 18.2. The van der Waals surface area contributed by atoms with Gasteiger partial charge in [0.15, 0.2) is 10.8 Å². The molecule has 1 aliphatic heterocycles. The minimum Gasteiger partial charge on any atom is -0.479 e. The van der Waals surface area contributed by atoms with Gasteiger partial charge >= 0.3 is 5.97 Å². The number of hydrogen-bond acceptors (Lipinski definition) is 11. The van der Waals surface area contributed by atoms with Gasteiger partial charge in [-0.1, -0.05) is 10.3 Å². The van der Waals surface area contributed by atoms with Crippen LogP contribution in [0.2, 0.25) is 0 Å². The predicted molar refractivity (Wildman–Crippen MR) is 89.7 cm³/mol. The normalized spacial score (nSPS) is 19.5. The smallest absolute Gasteiger partial charge is 0.344 e. The topological polar surface area (TPSA) is 202 Å². The summed E-state index contributed by atoms with van der Waals surface area (Å²) >= 11 is 1.06. The quantitative estimate of drug-likeness (QED) is 0.230. The lowest BCUT2D eigenvalue weighted by molar-refractivity contribution is -0.142. The molecule has 0 aromatic carbocycles. The Kier molecular flexibility index (Phi) is 4.93. The number of amides is 2. The number of nitrogens with one attached hydrogen (secondary N) is 2. The summed E-state index contributed by atoms with van der Waals surface area (Å²) in [6.07, 6.45) is 0. The van der Waals surface area contributed by atoms with E-state index in [4.69, 9.17) is 10.8 Å². The third kappa shape index (κ3) is 3.66. The van der Waals surface area contributed by atoms with Gasteiger partial charge in [-0.3, -0.25) is 14.5 Å². The zero-order valence-electron chi connectivity index (χ0n) is 13.7. The first-order valence-corrected chi connectivity index (χ1v) is 8.27. The van der Waals surface area contributed by atoms with E-state index in [1.54, 1.807) is 6.92 Å². The lowest BCUT2D eigenvalue weighted by Crippen LogP contribution is -2.70. The van der Waals surface area contributed by atoms with Crippen LogP contribution in [0.3, 0.4) is 0 Å². The van der Waals surface area contributed by atoms with Crippen molar-refractivity contribution in [2.24, 2.45) is 5.16 Å². The summed E-state index contributed by atoms with van der Waals surface area (Å²) in [5.74, 6) is -2.40. The molecule has 15 heteroatoms. The minimum absolute atomic E-state index is 0.0870. The molecule has 2 aromatic heterocycles. The zero-order chi connectivity index (χ0) is 19.6. The maximum atomic E-state index is 12.6. The van der Waals surface area contributed by atoms with Gasteiger partial charge in [0.1, 0.15) is 11.7 Å². The number of hydrogen-bond donors (Lipinski definition) is 4. The van der Waals surface area contributed by atoms with Gasteiger partial charge < -0.3 is 21.0 Å². The molecule has 0 aliphatic carbocycles. The molecule has 2 amide bonds. The Balaban J connectivity index is 1.73. The molecule has 5 N–H and O–H groups in total. The number of nitrogens with two attached hydrogens (primary N) is 1. The van der Waals surface area contributed by atoms with E-state index in [0.717, 1.165) is 11.3 Å². The molecule has 1 fully saturated rings. The third-order valence-electron chi connectivity index (χ3n) is 3.55. The van der Waals surface area contributed by atoms with E-state index in [-0.39, 0.29) is 22.5 Å². The molecule has 0 saturated carbocycles. The van der Waals surface area contributed by atoms with Crippen molar-refractivity contribution in [1.29, 1.82) is 0 Å². The number of aromatic amines is 1. The fraction of sp³-hybridized carbons (Fsp3) is 0.333. The molecule has 0 bridgehead atoms. The van der Waals surface area contributed by atoms with Crippen LogP contribution < -0.4 is 16.0 Å². The Bertz CT molecular complexity index is 895. The van der Waals surface area contributed by atoms with Gasteiger partial charge in [0, 0.05) is 5.38 Å².